The van der Waals surface area contributed by atoms with Gasteiger partial charge in [0.05, 0.1) is 12.6 Å². The zero-order valence-electron chi connectivity index (χ0n) is 15.8. The van der Waals surface area contributed by atoms with E-state index in [2.05, 4.69) is 30.7 Å². The number of benzene rings is 1. The van der Waals surface area contributed by atoms with Crippen LogP contribution in [0.4, 0.5) is 10.5 Å². The van der Waals surface area contributed by atoms with E-state index in [0.29, 0.717) is 12.2 Å². The van der Waals surface area contributed by atoms with Crippen molar-refractivity contribution < 1.29 is 9.59 Å². The lowest BCUT2D eigenvalue weighted by atomic mass is 10.1. The Kier molecular flexibility index (Phi) is 6.05. The molecule has 0 saturated carbocycles. The molecule has 144 valence electrons. The van der Waals surface area contributed by atoms with E-state index < -0.39 is 0 Å². The highest BCUT2D eigenvalue weighted by Gasteiger charge is 2.16. The first kappa shape index (κ1) is 18.9. The van der Waals surface area contributed by atoms with Gasteiger partial charge in [0.15, 0.2) is 5.82 Å². The van der Waals surface area contributed by atoms with E-state index >= 15 is 0 Å². The van der Waals surface area contributed by atoms with E-state index in [1.54, 1.807) is 0 Å². The van der Waals surface area contributed by atoms with Crippen molar-refractivity contribution in [1.82, 2.24) is 25.4 Å². The molecular formula is C19H26N6O2. The molecule has 1 aliphatic heterocycles. The van der Waals surface area contributed by atoms with Crippen LogP contribution in [0, 0.1) is 0 Å². The molecule has 0 saturated heterocycles. The Hall–Kier alpha value is -2.90. The van der Waals surface area contributed by atoms with E-state index in [1.165, 1.54) is 13.3 Å². The zero-order chi connectivity index (χ0) is 19.2. The fourth-order valence-corrected chi connectivity index (χ4v) is 3.26. The van der Waals surface area contributed by atoms with Gasteiger partial charge < -0.3 is 20.5 Å². The molecule has 1 aliphatic rings. The lowest BCUT2D eigenvalue weighted by molar-refractivity contribution is -0.114. The van der Waals surface area contributed by atoms with Crippen LogP contribution >= 0.6 is 0 Å². The number of carbonyl (C=O) groups is 2. The molecule has 1 atom stereocenters. The number of aryl methyl sites for hydroxylation is 1. The Morgan fingerprint density at radius 3 is 2.89 bits per heavy atom. The average molecular weight is 370 g/mol. The van der Waals surface area contributed by atoms with Gasteiger partial charge in [-0.25, -0.2) is 4.79 Å². The van der Waals surface area contributed by atoms with Crippen molar-refractivity contribution in [3.05, 3.63) is 41.5 Å². The fraction of sp³-hybridized carbons (Fsp3) is 0.474. The maximum absolute atomic E-state index is 12.3. The highest BCUT2D eigenvalue weighted by Crippen LogP contribution is 2.17. The second-order valence-electron chi connectivity index (χ2n) is 6.85. The second-order valence-corrected chi connectivity index (χ2v) is 6.85. The van der Waals surface area contributed by atoms with Crippen molar-refractivity contribution in [2.45, 2.75) is 58.7 Å². The van der Waals surface area contributed by atoms with Crippen molar-refractivity contribution >= 4 is 17.6 Å². The highest BCUT2D eigenvalue weighted by molar-refractivity contribution is 5.88. The van der Waals surface area contributed by atoms with Crippen molar-refractivity contribution in [3.8, 4) is 0 Å². The molecule has 3 N–H and O–H groups in total. The first-order valence-electron chi connectivity index (χ1n) is 9.36. The third-order valence-electron chi connectivity index (χ3n) is 4.65. The minimum absolute atomic E-state index is 0.127. The van der Waals surface area contributed by atoms with Crippen LogP contribution in [-0.4, -0.2) is 26.7 Å². The Morgan fingerprint density at radius 1 is 1.22 bits per heavy atom. The van der Waals surface area contributed by atoms with Gasteiger partial charge in [-0.15, -0.1) is 10.2 Å². The number of aromatic nitrogens is 3. The van der Waals surface area contributed by atoms with Gasteiger partial charge in [0.2, 0.25) is 5.91 Å². The van der Waals surface area contributed by atoms with Crippen molar-refractivity contribution in [3.63, 3.8) is 0 Å². The maximum Gasteiger partial charge on any atom is 0.315 e. The second kappa shape index (κ2) is 8.66. The third-order valence-corrected chi connectivity index (χ3v) is 4.65. The normalized spacial score (nSPS) is 14.6. The molecule has 3 rings (SSSR count). The zero-order valence-corrected chi connectivity index (χ0v) is 15.8. The largest absolute Gasteiger partial charge is 0.332 e. The number of fused-ring (bicyclic) bond motifs is 1. The van der Waals surface area contributed by atoms with Gasteiger partial charge in [0.25, 0.3) is 0 Å². The van der Waals surface area contributed by atoms with Crippen LogP contribution < -0.4 is 16.0 Å². The number of hydrogen-bond acceptors (Lipinski definition) is 4. The number of nitrogens with zero attached hydrogens (tertiary/aromatic N) is 3. The van der Waals surface area contributed by atoms with Crippen LogP contribution in [0.2, 0.25) is 0 Å². The van der Waals surface area contributed by atoms with E-state index in [-0.39, 0.29) is 18.0 Å². The quantitative estimate of drug-likeness (QED) is 0.753. The highest BCUT2D eigenvalue weighted by atomic mass is 16.2. The molecule has 2 heterocycles. The number of hydrogen-bond donors (Lipinski definition) is 3. The first-order valence-corrected chi connectivity index (χ1v) is 9.36. The molecule has 0 bridgehead atoms. The summed E-state index contributed by atoms with van der Waals surface area (Å²) in [6.45, 7) is 4.62. The van der Waals surface area contributed by atoms with Crippen molar-refractivity contribution in [2.24, 2.45) is 0 Å². The number of rotatable bonds is 5. The summed E-state index contributed by atoms with van der Waals surface area (Å²) >= 11 is 0. The molecule has 0 radical (unpaired) electrons. The Bertz CT molecular complexity index is 816. The van der Waals surface area contributed by atoms with Gasteiger partial charge in [-0.1, -0.05) is 18.6 Å². The van der Waals surface area contributed by atoms with Gasteiger partial charge in [-0.3, -0.25) is 4.79 Å². The van der Waals surface area contributed by atoms with E-state index in [4.69, 9.17) is 0 Å². The molecule has 8 nitrogen and oxygen atoms in total. The third kappa shape index (κ3) is 5.06. The Balaban J connectivity index is 1.55. The molecule has 3 amide bonds. The molecule has 8 heteroatoms. The molecule has 1 aromatic heterocycles. The summed E-state index contributed by atoms with van der Waals surface area (Å²) < 4.78 is 2.12. The van der Waals surface area contributed by atoms with Crippen LogP contribution in [0.5, 0.6) is 0 Å². The van der Waals surface area contributed by atoms with Gasteiger partial charge in [-0.05, 0) is 37.5 Å². The van der Waals surface area contributed by atoms with Crippen LogP contribution in [-0.2, 0) is 24.3 Å². The molecule has 1 aromatic carbocycles. The van der Waals surface area contributed by atoms with E-state index in [9.17, 15) is 9.59 Å². The maximum atomic E-state index is 12.3. The standard InChI is InChI=1S/C19H26N6O2/c1-13(15-7-6-8-16(11-15)22-14(2)26)21-19(27)20-12-18-24-23-17-9-4-3-5-10-25(17)18/h6-8,11,13H,3-5,9-10,12H2,1-2H3,(H,22,26)(H2,20,21,27)/t13-/m0/s1. The molecule has 27 heavy (non-hydrogen) atoms. The van der Waals surface area contributed by atoms with Crippen LogP contribution in [0.25, 0.3) is 0 Å². The topological polar surface area (TPSA) is 101 Å². The minimum atomic E-state index is -0.265. The predicted octanol–water partition coefficient (Wildman–Crippen LogP) is 2.52. The summed E-state index contributed by atoms with van der Waals surface area (Å²) in [5.41, 5.74) is 1.62. The number of carbonyl (C=O) groups excluding carboxylic acids is 2. The van der Waals surface area contributed by atoms with E-state index in [1.807, 2.05) is 31.2 Å². The minimum Gasteiger partial charge on any atom is -0.332 e. The molecular weight excluding hydrogens is 344 g/mol. The fourth-order valence-electron chi connectivity index (χ4n) is 3.26. The molecule has 2 aromatic rings. The number of urea groups is 1. The van der Waals surface area contributed by atoms with Gasteiger partial charge >= 0.3 is 6.03 Å². The molecule has 0 fully saturated rings. The monoisotopic (exact) mass is 370 g/mol. The smallest absolute Gasteiger partial charge is 0.315 e. The van der Waals surface area contributed by atoms with E-state index in [0.717, 1.165) is 43.0 Å². The number of amides is 3. The van der Waals surface area contributed by atoms with Crippen molar-refractivity contribution in [2.75, 3.05) is 5.32 Å². The summed E-state index contributed by atoms with van der Waals surface area (Å²) in [5, 5.41) is 17.0. The summed E-state index contributed by atoms with van der Waals surface area (Å²) in [4.78, 5) is 23.5. The van der Waals surface area contributed by atoms with Crippen LogP contribution in [0.15, 0.2) is 24.3 Å². The number of anilines is 1. The van der Waals surface area contributed by atoms with Crippen LogP contribution in [0.1, 0.15) is 56.4 Å². The lowest BCUT2D eigenvalue weighted by Crippen LogP contribution is -2.37. The average Bonchev–Trinajstić information content (AvgIpc) is 2.86. The SMILES string of the molecule is CC(=O)Nc1cccc([C@H](C)NC(=O)NCc2nnc3n2CCCCC3)c1. The Labute approximate surface area is 158 Å². The lowest BCUT2D eigenvalue weighted by Gasteiger charge is -2.16. The van der Waals surface area contributed by atoms with Gasteiger partial charge in [-0.2, -0.15) is 0 Å². The molecule has 0 spiro atoms. The first-order chi connectivity index (χ1) is 13.0. The van der Waals surface area contributed by atoms with Crippen LogP contribution in [0.3, 0.4) is 0 Å². The summed E-state index contributed by atoms with van der Waals surface area (Å²) in [5.74, 6) is 1.67. The molecule has 0 unspecified atom stereocenters. The summed E-state index contributed by atoms with van der Waals surface area (Å²) in [7, 11) is 0. The van der Waals surface area contributed by atoms with Crippen molar-refractivity contribution in [1.29, 1.82) is 0 Å². The van der Waals surface area contributed by atoms with Gasteiger partial charge in [0, 0.05) is 25.6 Å². The summed E-state index contributed by atoms with van der Waals surface area (Å²) in [6, 6.07) is 6.96. The Morgan fingerprint density at radius 2 is 2.07 bits per heavy atom. The summed E-state index contributed by atoms with van der Waals surface area (Å²) in [6.07, 6.45) is 4.40. The number of nitrogens with one attached hydrogen (secondary N) is 3. The predicted molar refractivity (Wildman–Crippen MR) is 102 cm³/mol. The van der Waals surface area contributed by atoms with Gasteiger partial charge in [0.1, 0.15) is 5.82 Å². The molecule has 0 aliphatic carbocycles.